The van der Waals surface area contributed by atoms with E-state index in [4.69, 9.17) is 28.0 Å². The molecule has 0 heterocycles. The second-order valence-corrected chi connectivity index (χ2v) is 6.13. The molecule has 0 saturated heterocycles. The minimum atomic E-state index is -0.310. The Labute approximate surface area is 129 Å². The fourth-order valence-electron chi connectivity index (χ4n) is 1.92. The molecule has 1 N–H and O–H groups in total. The topological polar surface area (TPSA) is 38.3 Å². The van der Waals surface area contributed by atoms with Crippen molar-refractivity contribution in [1.82, 2.24) is 5.48 Å². The molecule has 0 atom stereocenters. The Balaban J connectivity index is 2.04. The van der Waals surface area contributed by atoms with Crippen molar-refractivity contribution in [2.75, 3.05) is 0 Å². The molecule has 3 nitrogen and oxygen atoms in total. The molecule has 0 spiro atoms. The summed E-state index contributed by atoms with van der Waals surface area (Å²) in [6.45, 7) is 0. The number of hydroxylamine groups is 1. The first-order valence-electron chi connectivity index (χ1n) is 5.68. The van der Waals surface area contributed by atoms with E-state index in [2.05, 4.69) is 5.48 Å². The highest BCUT2D eigenvalue weighted by molar-refractivity contribution is 14.1. The van der Waals surface area contributed by atoms with E-state index >= 15 is 0 Å². The fourth-order valence-corrected chi connectivity index (χ4v) is 2.97. The predicted molar refractivity (Wildman–Crippen MR) is 80.0 cm³/mol. The van der Waals surface area contributed by atoms with Gasteiger partial charge in [0.2, 0.25) is 0 Å². The van der Waals surface area contributed by atoms with Crippen LogP contribution in [0.3, 0.4) is 0 Å². The van der Waals surface area contributed by atoms with Crippen molar-refractivity contribution in [3.63, 3.8) is 0 Å². The van der Waals surface area contributed by atoms with Gasteiger partial charge in [0.05, 0.1) is 16.7 Å². The average Bonchev–Trinajstić information content (AvgIpc) is 2.83. The van der Waals surface area contributed by atoms with Gasteiger partial charge < -0.3 is 0 Å². The Morgan fingerprint density at radius 2 is 2.00 bits per heavy atom. The van der Waals surface area contributed by atoms with Gasteiger partial charge in [0.15, 0.2) is 0 Å². The Morgan fingerprint density at radius 3 is 2.67 bits per heavy atom. The third-order valence-corrected chi connectivity index (χ3v) is 4.86. The van der Waals surface area contributed by atoms with Crippen molar-refractivity contribution >= 4 is 51.7 Å². The number of rotatable bonds is 3. The highest BCUT2D eigenvalue weighted by atomic mass is 127. The lowest BCUT2D eigenvalue weighted by molar-refractivity contribution is -0.0125. The number of halogens is 3. The molecule has 1 fully saturated rings. The molecular formula is C12H12Cl2INO2. The quantitative estimate of drug-likeness (QED) is 0.470. The zero-order valence-corrected chi connectivity index (χ0v) is 13.2. The highest BCUT2D eigenvalue weighted by Crippen LogP contribution is 2.27. The predicted octanol–water partition coefficient (Wildman–Crippen LogP) is 4.20. The molecule has 0 unspecified atom stereocenters. The van der Waals surface area contributed by atoms with E-state index in [-0.39, 0.29) is 12.0 Å². The third-order valence-electron chi connectivity index (χ3n) is 2.86. The van der Waals surface area contributed by atoms with Crippen molar-refractivity contribution in [2.24, 2.45) is 0 Å². The molecule has 0 radical (unpaired) electrons. The number of nitrogens with one attached hydrogen (secondary N) is 1. The van der Waals surface area contributed by atoms with E-state index in [9.17, 15) is 4.79 Å². The second-order valence-electron chi connectivity index (χ2n) is 4.20. The van der Waals surface area contributed by atoms with Gasteiger partial charge >= 0.3 is 0 Å². The summed E-state index contributed by atoms with van der Waals surface area (Å²) in [5.74, 6) is -0.310. The van der Waals surface area contributed by atoms with Gasteiger partial charge in [-0.25, -0.2) is 5.48 Å². The van der Waals surface area contributed by atoms with Crippen LogP contribution in [0.4, 0.5) is 0 Å². The second kappa shape index (κ2) is 6.41. The summed E-state index contributed by atoms with van der Waals surface area (Å²) in [5, 5.41) is 0.903. The summed E-state index contributed by atoms with van der Waals surface area (Å²) < 4.78 is 0.672. The summed E-state index contributed by atoms with van der Waals surface area (Å²) in [6, 6.07) is 3.20. The first-order chi connectivity index (χ1) is 8.58. The lowest BCUT2D eigenvalue weighted by Crippen LogP contribution is -2.28. The molecule has 1 amide bonds. The molecule has 1 aromatic rings. The van der Waals surface area contributed by atoms with Crippen molar-refractivity contribution in [3.8, 4) is 0 Å². The molecule has 1 aliphatic rings. The van der Waals surface area contributed by atoms with E-state index in [1.807, 2.05) is 22.6 Å². The number of carbonyl (C=O) groups is 1. The maximum Gasteiger partial charge on any atom is 0.276 e. The minimum Gasteiger partial charge on any atom is -0.270 e. The van der Waals surface area contributed by atoms with Crippen molar-refractivity contribution in [2.45, 2.75) is 31.8 Å². The standard InChI is InChI=1S/C12H12Cl2INO2/c13-7-5-9(11(15)10(14)6-7)12(17)16-18-8-3-1-2-4-8/h5-6,8H,1-4H2,(H,16,17). The van der Waals surface area contributed by atoms with Crippen LogP contribution in [0.2, 0.25) is 10.0 Å². The Morgan fingerprint density at radius 1 is 1.33 bits per heavy atom. The van der Waals surface area contributed by atoms with Crippen molar-refractivity contribution < 1.29 is 9.63 Å². The maximum atomic E-state index is 12.0. The van der Waals surface area contributed by atoms with Gasteiger partial charge in [-0.05, 0) is 47.6 Å². The minimum absolute atomic E-state index is 0.126. The zero-order valence-electron chi connectivity index (χ0n) is 9.51. The number of amides is 1. The van der Waals surface area contributed by atoms with Crippen molar-refractivity contribution in [3.05, 3.63) is 31.3 Å². The number of carbonyl (C=O) groups excluding carboxylic acids is 1. The van der Waals surface area contributed by atoms with Crippen LogP contribution in [0.15, 0.2) is 12.1 Å². The van der Waals surface area contributed by atoms with Crippen LogP contribution in [-0.2, 0) is 4.84 Å². The zero-order chi connectivity index (χ0) is 13.1. The number of hydrogen-bond donors (Lipinski definition) is 1. The van der Waals surface area contributed by atoms with Gasteiger partial charge in [0, 0.05) is 8.59 Å². The number of benzene rings is 1. The fraction of sp³-hybridized carbons (Fsp3) is 0.417. The largest absolute Gasteiger partial charge is 0.276 e. The van der Waals surface area contributed by atoms with Crippen LogP contribution >= 0.6 is 45.8 Å². The Hall–Kier alpha value is -0.0400. The van der Waals surface area contributed by atoms with E-state index < -0.39 is 0 Å². The van der Waals surface area contributed by atoms with Crippen LogP contribution in [0, 0.1) is 3.57 Å². The van der Waals surface area contributed by atoms with Gasteiger partial charge in [-0.1, -0.05) is 36.0 Å². The van der Waals surface area contributed by atoms with Gasteiger partial charge in [0.1, 0.15) is 0 Å². The molecule has 1 aromatic carbocycles. The van der Waals surface area contributed by atoms with Crippen molar-refractivity contribution in [1.29, 1.82) is 0 Å². The van der Waals surface area contributed by atoms with E-state index in [0.717, 1.165) is 25.7 Å². The monoisotopic (exact) mass is 399 g/mol. The summed E-state index contributed by atoms with van der Waals surface area (Å²) in [4.78, 5) is 17.3. The van der Waals surface area contributed by atoms with E-state index in [0.29, 0.717) is 19.2 Å². The van der Waals surface area contributed by atoms with Gasteiger partial charge in [0.25, 0.3) is 5.91 Å². The maximum absolute atomic E-state index is 12.0. The van der Waals surface area contributed by atoms with Crippen LogP contribution in [0.25, 0.3) is 0 Å². The van der Waals surface area contributed by atoms with E-state index in [1.54, 1.807) is 12.1 Å². The summed E-state index contributed by atoms with van der Waals surface area (Å²) in [7, 11) is 0. The molecular weight excluding hydrogens is 388 g/mol. The average molecular weight is 400 g/mol. The first-order valence-corrected chi connectivity index (χ1v) is 7.52. The Bertz CT molecular complexity index is 462. The molecule has 18 heavy (non-hydrogen) atoms. The molecule has 6 heteroatoms. The highest BCUT2D eigenvalue weighted by Gasteiger charge is 2.19. The van der Waals surface area contributed by atoms with Gasteiger partial charge in [-0.2, -0.15) is 0 Å². The Kier molecular flexibility index (Phi) is 5.12. The molecule has 2 rings (SSSR count). The molecule has 0 bridgehead atoms. The van der Waals surface area contributed by atoms with Gasteiger partial charge in [-0.15, -0.1) is 0 Å². The summed E-state index contributed by atoms with van der Waals surface area (Å²) >= 11 is 13.9. The molecule has 0 aromatic heterocycles. The van der Waals surface area contributed by atoms with Crippen LogP contribution in [-0.4, -0.2) is 12.0 Å². The smallest absolute Gasteiger partial charge is 0.270 e. The molecule has 1 aliphatic carbocycles. The normalized spacial score (nSPS) is 15.9. The SMILES string of the molecule is O=C(NOC1CCCC1)c1cc(Cl)cc(Cl)c1I. The molecule has 0 aliphatic heterocycles. The summed E-state index contributed by atoms with van der Waals surface area (Å²) in [5.41, 5.74) is 2.91. The van der Waals surface area contributed by atoms with Gasteiger partial charge in [-0.3, -0.25) is 9.63 Å². The third kappa shape index (κ3) is 3.50. The molecule has 1 saturated carbocycles. The lowest BCUT2D eigenvalue weighted by atomic mass is 10.2. The van der Waals surface area contributed by atoms with E-state index in [1.165, 1.54) is 0 Å². The number of hydrogen-bond acceptors (Lipinski definition) is 2. The van der Waals surface area contributed by atoms with Crippen LogP contribution in [0.1, 0.15) is 36.0 Å². The summed E-state index contributed by atoms with van der Waals surface area (Å²) in [6.07, 6.45) is 4.42. The van der Waals surface area contributed by atoms with Crippen LogP contribution in [0.5, 0.6) is 0 Å². The van der Waals surface area contributed by atoms with Crippen LogP contribution < -0.4 is 5.48 Å². The molecule has 98 valence electrons. The lowest BCUT2D eigenvalue weighted by Gasteiger charge is -2.12. The first kappa shape index (κ1) is 14.4.